The highest BCUT2D eigenvalue weighted by Crippen LogP contribution is 2.20. The summed E-state index contributed by atoms with van der Waals surface area (Å²) >= 11 is 0. The summed E-state index contributed by atoms with van der Waals surface area (Å²) in [7, 11) is -2.64. The Balaban J connectivity index is 2.23. The number of methoxy groups -OCH3 is 1. The van der Waals surface area contributed by atoms with E-state index >= 15 is 0 Å². The highest BCUT2D eigenvalue weighted by Gasteiger charge is 2.37. The summed E-state index contributed by atoms with van der Waals surface area (Å²) in [5, 5.41) is 0. The van der Waals surface area contributed by atoms with Gasteiger partial charge in [-0.2, -0.15) is 12.7 Å². The molecule has 7 heteroatoms. The molecule has 1 N–H and O–H groups in total. The molecule has 0 spiro atoms. The molecule has 0 amide bonds. The minimum absolute atomic E-state index is 0.0828. The Morgan fingerprint density at radius 3 is 2.04 bits per heavy atom. The summed E-state index contributed by atoms with van der Waals surface area (Å²) in [6.07, 6.45) is 0.559. The first kappa shape index (κ1) is 22.1. The molecule has 2 aromatic carbocycles. The number of rotatable bonds is 10. The van der Waals surface area contributed by atoms with Gasteiger partial charge in [0.1, 0.15) is 6.04 Å². The van der Waals surface area contributed by atoms with Crippen molar-refractivity contribution in [2.75, 3.05) is 13.7 Å². The molecule has 0 heterocycles. The average molecular weight is 405 g/mol. The number of nitrogens with one attached hydrogen (secondary N) is 1. The molecule has 0 radical (unpaired) electrons. The first-order chi connectivity index (χ1) is 13.3. The van der Waals surface area contributed by atoms with Gasteiger partial charge in [0.25, 0.3) is 10.2 Å². The quantitative estimate of drug-likeness (QED) is 0.618. The molecular weight excluding hydrogens is 376 g/mol. The third kappa shape index (κ3) is 6.15. The number of esters is 1. The third-order valence-corrected chi connectivity index (χ3v) is 5.96. The maximum absolute atomic E-state index is 13.1. The molecule has 0 aliphatic heterocycles. The molecule has 0 aromatic heterocycles. The van der Waals surface area contributed by atoms with Crippen LogP contribution in [0.25, 0.3) is 0 Å². The Morgan fingerprint density at radius 2 is 1.54 bits per heavy atom. The lowest BCUT2D eigenvalue weighted by atomic mass is 10.0. The molecule has 2 aromatic rings. The Hall–Kier alpha value is -2.22. The summed E-state index contributed by atoms with van der Waals surface area (Å²) in [5.74, 6) is -0.818. The van der Waals surface area contributed by atoms with Crippen molar-refractivity contribution >= 4 is 16.2 Å². The zero-order valence-electron chi connectivity index (χ0n) is 16.5. The molecule has 152 valence electrons. The van der Waals surface area contributed by atoms with Crippen molar-refractivity contribution in [3.05, 3.63) is 71.8 Å². The van der Waals surface area contributed by atoms with E-state index in [4.69, 9.17) is 4.74 Å². The molecule has 28 heavy (non-hydrogen) atoms. The molecule has 1 atom stereocenters. The van der Waals surface area contributed by atoms with Gasteiger partial charge in [-0.1, -0.05) is 74.5 Å². The van der Waals surface area contributed by atoms with Crippen LogP contribution in [-0.4, -0.2) is 38.4 Å². The van der Waals surface area contributed by atoms with E-state index in [0.29, 0.717) is 6.42 Å². The monoisotopic (exact) mass is 404 g/mol. The highest BCUT2D eigenvalue weighted by molar-refractivity contribution is 7.87. The number of hydrogen-bond donors (Lipinski definition) is 1. The van der Waals surface area contributed by atoms with Crippen LogP contribution in [0, 0.1) is 5.92 Å². The van der Waals surface area contributed by atoms with Crippen LogP contribution in [0.2, 0.25) is 0 Å². The van der Waals surface area contributed by atoms with Crippen molar-refractivity contribution in [2.45, 2.75) is 32.9 Å². The van der Waals surface area contributed by atoms with Gasteiger partial charge in [0, 0.05) is 13.1 Å². The van der Waals surface area contributed by atoms with Crippen molar-refractivity contribution in [1.82, 2.24) is 9.03 Å². The normalized spacial score (nSPS) is 12.9. The molecule has 2 rings (SSSR count). The molecule has 0 saturated heterocycles. The van der Waals surface area contributed by atoms with Crippen molar-refractivity contribution in [3.63, 3.8) is 0 Å². The number of carbonyl (C=O) groups excluding carboxylic acids is 1. The van der Waals surface area contributed by atoms with Crippen LogP contribution in [0.15, 0.2) is 60.7 Å². The fourth-order valence-corrected chi connectivity index (χ4v) is 4.46. The number of hydrogen-bond acceptors (Lipinski definition) is 4. The predicted octanol–water partition coefficient (Wildman–Crippen LogP) is 2.76. The predicted molar refractivity (Wildman–Crippen MR) is 110 cm³/mol. The van der Waals surface area contributed by atoms with E-state index in [1.807, 2.05) is 60.7 Å². The molecule has 6 nitrogen and oxygen atoms in total. The van der Waals surface area contributed by atoms with Crippen LogP contribution < -0.4 is 4.72 Å². The van der Waals surface area contributed by atoms with Crippen LogP contribution in [0.5, 0.6) is 0 Å². The number of nitrogens with zero attached hydrogens (tertiary/aromatic N) is 1. The van der Waals surface area contributed by atoms with Crippen molar-refractivity contribution < 1.29 is 17.9 Å². The second kappa shape index (κ2) is 10.4. The fourth-order valence-electron chi connectivity index (χ4n) is 2.99. The summed E-state index contributed by atoms with van der Waals surface area (Å²) in [6.45, 7) is 3.93. The largest absolute Gasteiger partial charge is 0.468 e. The van der Waals surface area contributed by atoms with Gasteiger partial charge in [0.15, 0.2) is 0 Å². The van der Waals surface area contributed by atoms with Crippen molar-refractivity contribution in [1.29, 1.82) is 0 Å². The Bertz CT molecular complexity index is 839. The van der Waals surface area contributed by atoms with Gasteiger partial charge in [0.2, 0.25) is 0 Å². The van der Waals surface area contributed by atoms with Gasteiger partial charge in [0.05, 0.1) is 7.11 Å². The lowest BCUT2D eigenvalue weighted by molar-refractivity contribution is -0.146. The van der Waals surface area contributed by atoms with Crippen LogP contribution >= 0.6 is 0 Å². The Morgan fingerprint density at radius 1 is 1.00 bits per heavy atom. The lowest BCUT2D eigenvalue weighted by Crippen LogP contribution is -2.52. The number of carbonyl (C=O) groups is 1. The van der Waals surface area contributed by atoms with E-state index in [-0.39, 0.29) is 19.0 Å². The zero-order chi connectivity index (χ0) is 20.6. The van der Waals surface area contributed by atoms with Crippen LogP contribution in [0.1, 0.15) is 25.0 Å². The summed E-state index contributed by atoms with van der Waals surface area (Å²) < 4.78 is 34.9. The van der Waals surface area contributed by atoms with Gasteiger partial charge in [-0.3, -0.25) is 4.79 Å². The molecule has 0 aliphatic rings. The smallest absolute Gasteiger partial charge is 0.324 e. The topological polar surface area (TPSA) is 75.7 Å². The third-order valence-electron chi connectivity index (χ3n) is 4.42. The summed E-state index contributed by atoms with van der Waals surface area (Å²) in [4.78, 5) is 12.4. The Labute approximate surface area is 167 Å². The number of ether oxygens (including phenoxy) is 1. The van der Waals surface area contributed by atoms with E-state index in [1.54, 1.807) is 13.8 Å². The molecule has 0 fully saturated rings. The van der Waals surface area contributed by atoms with Crippen LogP contribution in [0.3, 0.4) is 0 Å². The van der Waals surface area contributed by atoms with Gasteiger partial charge in [-0.15, -0.1) is 0 Å². The standard InChI is InChI=1S/C21H28N2O4S/c1-17(2)20(21(24)27-3)23(16-19-12-8-5-9-13-19)28(25,26)22-15-14-18-10-6-4-7-11-18/h4-13,17,20,22H,14-16H2,1-3H3. The average Bonchev–Trinajstić information content (AvgIpc) is 2.68. The number of benzene rings is 2. The fraction of sp³-hybridized carbons (Fsp3) is 0.381. The summed E-state index contributed by atoms with van der Waals surface area (Å²) in [6, 6.07) is 17.9. The molecule has 0 saturated carbocycles. The van der Waals surface area contributed by atoms with E-state index in [9.17, 15) is 13.2 Å². The van der Waals surface area contributed by atoms with Gasteiger partial charge < -0.3 is 4.74 Å². The highest BCUT2D eigenvalue weighted by atomic mass is 32.2. The lowest BCUT2D eigenvalue weighted by Gasteiger charge is -2.31. The zero-order valence-corrected chi connectivity index (χ0v) is 17.4. The maximum Gasteiger partial charge on any atom is 0.324 e. The minimum atomic E-state index is -3.91. The van der Waals surface area contributed by atoms with Gasteiger partial charge in [-0.25, -0.2) is 4.72 Å². The second-order valence-corrected chi connectivity index (χ2v) is 8.59. The van der Waals surface area contributed by atoms with Gasteiger partial charge in [-0.05, 0) is 23.5 Å². The van der Waals surface area contributed by atoms with E-state index < -0.39 is 22.2 Å². The van der Waals surface area contributed by atoms with E-state index in [0.717, 1.165) is 11.1 Å². The minimum Gasteiger partial charge on any atom is -0.468 e. The van der Waals surface area contributed by atoms with Crippen molar-refractivity contribution in [3.8, 4) is 0 Å². The molecular formula is C21H28N2O4S. The molecule has 1 unspecified atom stereocenters. The first-order valence-corrected chi connectivity index (χ1v) is 10.7. The van der Waals surface area contributed by atoms with Crippen molar-refractivity contribution in [2.24, 2.45) is 5.92 Å². The van der Waals surface area contributed by atoms with E-state index in [1.165, 1.54) is 11.4 Å². The SMILES string of the molecule is COC(=O)C(C(C)C)N(Cc1ccccc1)S(=O)(=O)NCCc1ccccc1. The molecule has 0 bridgehead atoms. The van der Waals surface area contributed by atoms with Crippen LogP contribution in [-0.2, 0) is 32.7 Å². The molecule has 0 aliphatic carbocycles. The maximum atomic E-state index is 13.1. The van der Waals surface area contributed by atoms with Gasteiger partial charge >= 0.3 is 5.97 Å². The van der Waals surface area contributed by atoms with E-state index in [2.05, 4.69) is 4.72 Å². The summed E-state index contributed by atoms with van der Waals surface area (Å²) in [5.41, 5.74) is 1.83. The second-order valence-electron chi connectivity index (χ2n) is 6.88. The Kier molecular flexibility index (Phi) is 8.17. The first-order valence-electron chi connectivity index (χ1n) is 9.27. The van der Waals surface area contributed by atoms with Crippen LogP contribution in [0.4, 0.5) is 0 Å².